The molecule has 0 saturated carbocycles. The van der Waals surface area contributed by atoms with Gasteiger partial charge in [0.1, 0.15) is 11.6 Å². The zero-order valence-electron chi connectivity index (χ0n) is 12.2. The predicted octanol–water partition coefficient (Wildman–Crippen LogP) is 3.09. The molecule has 4 nitrogen and oxygen atoms in total. The lowest BCUT2D eigenvalue weighted by molar-refractivity contribution is -0.123. The minimum atomic E-state index is -0.332. The Morgan fingerprint density at radius 1 is 1.30 bits per heavy atom. The zero-order chi connectivity index (χ0) is 16.7. The number of carbonyl (C=O) groups excluding carboxylic acids is 1. The highest BCUT2D eigenvalue weighted by Gasteiger charge is 2.07. The van der Waals surface area contributed by atoms with E-state index in [0.29, 0.717) is 29.8 Å². The van der Waals surface area contributed by atoms with E-state index in [0.717, 1.165) is 0 Å². The second-order valence-corrected chi connectivity index (χ2v) is 5.14. The Kier molecular flexibility index (Phi) is 5.95. The van der Waals surface area contributed by atoms with E-state index < -0.39 is 0 Å². The van der Waals surface area contributed by atoms with Gasteiger partial charge in [0.15, 0.2) is 6.61 Å². The van der Waals surface area contributed by atoms with Gasteiger partial charge >= 0.3 is 0 Å². The zero-order valence-corrected chi connectivity index (χ0v) is 12.9. The van der Waals surface area contributed by atoms with Crippen LogP contribution in [0.5, 0.6) is 5.75 Å². The highest BCUT2D eigenvalue weighted by Crippen LogP contribution is 2.24. The molecule has 0 saturated heterocycles. The van der Waals surface area contributed by atoms with Crippen LogP contribution in [0.4, 0.5) is 4.39 Å². The minimum Gasteiger partial charge on any atom is -0.482 e. The smallest absolute Gasteiger partial charge is 0.257 e. The van der Waals surface area contributed by atoms with Crippen LogP contribution in [0.1, 0.15) is 11.1 Å². The lowest BCUT2D eigenvalue weighted by Gasteiger charge is -2.09. The SMILES string of the molecule is N#Cc1ccc(OCC(=O)NCCc2ccccc2F)c(Cl)c1. The van der Waals surface area contributed by atoms with Gasteiger partial charge in [0.2, 0.25) is 0 Å². The maximum atomic E-state index is 13.4. The quantitative estimate of drug-likeness (QED) is 0.884. The molecular weight excluding hydrogens is 319 g/mol. The number of nitrogens with zero attached hydrogens (tertiary/aromatic N) is 1. The molecule has 0 bridgehead atoms. The van der Waals surface area contributed by atoms with Gasteiger partial charge in [0.05, 0.1) is 16.7 Å². The molecule has 0 aliphatic rings. The van der Waals surface area contributed by atoms with E-state index in [-0.39, 0.29) is 23.4 Å². The third kappa shape index (κ3) is 4.97. The summed E-state index contributed by atoms with van der Waals surface area (Å²) in [5.41, 5.74) is 0.959. The highest BCUT2D eigenvalue weighted by molar-refractivity contribution is 6.32. The fourth-order valence-corrected chi connectivity index (χ4v) is 2.15. The van der Waals surface area contributed by atoms with Crippen LogP contribution in [0.25, 0.3) is 0 Å². The lowest BCUT2D eigenvalue weighted by Crippen LogP contribution is -2.30. The Hall–Kier alpha value is -2.58. The number of halogens is 2. The van der Waals surface area contributed by atoms with Gasteiger partial charge in [-0.3, -0.25) is 4.79 Å². The molecule has 0 unspecified atom stereocenters. The second-order valence-electron chi connectivity index (χ2n) is 4.74. The van der Waals surface area contributed by atoms with E-state index in [1.54, 1.807) is 24.3 Å². The van der Waals surface area contributed by atoms with Crippen molar-refractivity contribution in [2.75, 3.05) is 13.2 Å². The van der Waals surface area contributed by atoms with Crippen LogP contribution in [-0.4, -0.2) is 19.1 Å². The van der Waals surface area contributed by atoms with E-state index in [9.17, 15) is 9.18 Å². The molecule has 2 aromatic carbocycles. The number of amides is 1. The summed E-state index contributed by atoms with van der Waals surface area (Å²) in [5.74, 6) is -0.293. The number of nitriles is 1. The van der Waals surface area contributed by atoms with Crippen LogP contribution in [0.2, 0.25) is 5.02 Å². The van der Waals surface area contributed by atoms with Gasteiger partial charge < -0.3 is 10.1 Å². The van der Waals surface area contributed by atoms with E-state index in [4.69, 9.17) is 21.6 Å². The van der Waals surface area contributed by atoms with Gasteiger partial charge in [0, 0.05) is 6.54 Å². The molecule has 23 heavy (non-hydrogen) atoms. The highest BCUT2D eigenvalue weighted by atomic mass is 35.5. The molecule has 0 heterocycles. The van der Waals surface area contributed by atoms with Crippen molar-refractivity contribution in [3.63, 3.8) is 0 Å². The first-order chi connectivity index (χ1) is 11.1. The van der Waals surface area contributed by atoms with E-state index in [1.807, 2.05) is 6.07 Å². The Morgan fingerprint density at radius 2 is 2.09 bits per heavy atom. The summed E-state index contributed by atoms with van der Waals surface area (Å²) < 4.78 is 18.7. The maximum absolute atomic E-state index is 13.4. The van der Waals surface area contributed by atoms with Gasteiger partial charge in [0.25, 0.3) is 5.91 Å². The molecule has 0 aliphatic heterocycles. The molecule has 2 rings (SSSR count). The summed E-state index contributed by atoms with van der Waals surface area (Å²) in [6.07, 6.45) is 0.399. The van der Waals surface area contributed by atoms with Crippen molar-refractivity contribution in [1.82, 2.24) is 5.32 Å². The van der Waals surface area contributed by atoms with Crippen LogP contribution < -0.4 is 10.1 Å². The topological polar surface area (TPSA) is 62.1 Å². The summed E-state index contributed by atoms with van der Waals surface area (Å²) >= 11 is 5.94. The second kappa shape index (κ2) is 8.16. The van der Waals surface area contributed by atoms with Gasteiger partial charge in [-0.15, -0.1) is 0 Å². The Morgan fingerprint density at radius 3 is 2.78 bits per heavy atom. The number of nitrogens with one attached hydrogen (secondary N) is 1. The Labute approximate surface area is 138 Å². The van der Waals surface area contributed by atoms with Gasteiger partial charge in [-0.25, -0.2) is 4.39 Å². The normalized spacial score (nSPS) is 9.96. The summed E-state index contributed by atoms with van der Waals surface area (Å²) in [7, 11) is 0. The largest absolute Gasteiger partial charge is 0.482 e. The van der Waals surface area contributed by atoms with Crippen molar-refractivity contribution < 1.29 is 13.9 Å². The van der Waals surface area contributed by atoms with Crippen molar-refractivity contribution in [2.45, 2.75) is 6.42 Å². The molecule has 1 amide bonds. The van der Waals surface area contributed by atoms with Crippen LogP contribution in [0, 0.1) is 17.1 Å². The number of ether oxygens (including phenoxy) is 1. The van der Waals surface area contributed by atoms with E-state index in [2.05, 4.69) is 5.32 Å². The fraction of sp³-hybridized carbons (Fsp3) is 0.176. The predicted molar refractivity (Wildman–Crippen MR) is 84.8 cm³/mol. The molecule has 2 aromatic rings. The van der Waals surface area contributed by atoms with Crippen molar-refractivity contribution in [3.8, 4) is 11.8 Å². The first-order valence-electron chi connectivity index (χ1n) is 6.92. The molecule has 0 atom stereocenters. The molecule has 6 heteroatoms. The fourth-order valence-electron chi connectivity index (χ4n) is 1.92. The first kappa shape index (κ1) is 16.8. The average Bonchev–Trinajstić information content (AvgIpc) is 2.55. The van der Waals surface area contributed by atoms with Gasteiger partial charge in [-0.2, -0.15) is 5.26 Å². The first-order valence-corrected chi connectivity index (χ1v) is 7.30. The van der Waals surface area contributed by atoms with Crippen LogP contribution in [0.15, 0.2) is 42.5 Å². The summed E-state index contributed by atoms with van der Waals surface area (Å²) in [6.45, 7) is 0.104. The maximum Gasteiger partial charge on any atom is 0.257 e. The summed E-state index contributed by atoms with van der Waals surface area (Å²) in [4.78, 5) is 11.7. The third-order valence-corrected chi connectivity index (χ3v) is 3.39. The standard InChI is InChI=1S/C17H14ClFN2O2/c18-14-9-12(10-20)5-6-16(14)23-11-17(22)21-8-7-13-3-1-2-4-15(13)19/h1-6,9H,7-8,11H2,(H,21,22). The van der Waals surface area contributed by atoms with Crippen LogP contribution in [0.3, 0.4) is 0 Å². The van der Waals surface area contributed by atoms with Gasteiger partial charge in [-0.05, 0) is 36.2 Å². The Bertz CT molecular complexity index is 744. The number of benzene rings is 2. The lowest BCUT2D eigenvalue weighted by atomic mass is 10.1. The monoisotopic (exact) mass is 332 g/mol. The molecule has 1 N–H and O–H groups in total. The van der Waals surface area contributed by atoms with Crippen molar-refractivity contribution in [2.24, 2.45) is 0 Å². The number of hydrogen-bond donors (Lipinski definition) is 1. The summed E-state index contributed by atoms with van der Waals surface area (Å²) in [6, 6.07) is 12.9. The van der Waals surface area contributed by atoms with E-state index >= 15 is 0 Å². The molecule has 0 spiro atoms. The van der Waals surface area contributed by atoms with Crippen LogP contribution >= 0.6 is 11.6 Å². The summed E-state index contributed by atoms with van der Waals surface area (Å²) in [5, 5.41) is 11.7. The average molecular weight is 333 g/mol. The number of carbonyl (C=O) groups is 1. The van der Waals surface area contributed by atoms with E-state index in [1.165, 1.54) is 18.2 Å². The minimum absolute atomic E-state index is 0.205. The molecule has 0 aliphatic carbocycles. The molecular formula is C17H14ClFN2O2. The molecule has 0 fully saturated rings. The van der Waals surface area contributed by atoms with Crippen molar-refractivity contribution in [1.29, 1.82) is 5.26 Å². The van der Waals surface area contributed by atoms with Crippen LogP contribution in [-0.2, 0) is 11.2 Å². The number of hydrogen-bond acceptors (Lipinski definition) is 3. The molecule has 0 radical (unpaired) electrons. The van der Waals surface area contributed by atoms with Crippen molar-refractivity contribution >= 4 is 17.5 Å². The Balaban J connectivity index is 1.77. The van der Waals surface area contributed by atoms with Gasteiger partial charge in [-0.1, -0.05) is 29.8 Å². The third-order valence-electron chi connectivity index (χ3n) is 3.09. The molecule has 118 valence electrons. The number of rotatable bonds is 6. The van der Waals surface area contributed by atoms with Crippen molar-refractivity contribution in [3.05, 3.63) is 64.4 Å². The molecule has 0 aromatic heterocycles.